The quantitative estimate of drug-likeness (QED) is 0.0257. The fourth-order valence-electron chi connectivity index (χ4n) is 10.3. The maximum atomic E-state index is 8.82. The number of oxime groups is 1. The van der Waals surface area contributed by atoms with E-state index in [1.165, 1.54) is 11.1 Å². The van der Waals surface area contributed by atoms with Gasteiger partial charge >= 0.3 is 0 Å². The highest BCUT2D eigenvalue weighted by Gasteiger charge is 2.25. The Morgan fingerprint density at radius 3 is 1.67 bits per heavy atom. The highest BCUT2D eigenvalue weighted by molar-refractivity contribution is 6.01. The van der Waals surface area contributed by atoms with Gasteiger partial charge in [-0.3, -0.25) is 9.56 Å². The molecule has 8 aromatic carbocycles. The number of anilines is 4. The Balaban J connectivity index is 0.000000130. The predicted octanol–water partition coefficient (Wildman–Crippen LogP) is 13.7. The van der Waals surface area contributed by atoms with E-state index in [9.17, 15) is 0 Å². The number of nitrogen functional groups attached to an aromatic ring is 4. The zero-order chi connectivity index (χ0) is 67.1. The smallest absolute Gasteiger partial charge is 0.170 e. The Kier molecular flexibility index (Phi) is 19.5. The second kappa shape index (κ2) is 29.2. The molecule has 0 unspecified atom stereocenters. The van der Waals surface area contributed by atoms with Gasteiger partial charge in [-0.25, -0.2) is 19.9 Å². The number of aryl methyl sites for hydroxylation is 2. The molecule has 468 valence electrons. The molecule has 17 nitrogen and oxygen atoms in total. The molecule has 0 aliphatic carbocycles. The molecule has 0 fully saturated rings. The molecule has 1 aliphatic heterocycles. The van der Waals surface area contributed by atoms with Crippen LogP contribution in [0, 0.1) is 48.9 Å². The first-order valence-corrected chi connectivity index (χ1v) is 30.5. The molecule has 5 aromatic heterocycles. The number of aromatic nitrogens is 7. The summed E-state index contributed by atoms with van der Waals surface area (Å²) in [5, 5.41) is 37.9. The van der Waals surface area contributed by atoms with Crippen molar-refractivity contribution in [1.82, 2.24) is 40.0 Å². The molecule has 14 rings (SSSR count). The molecule has 0 radical (unpaired) electrons. The van der Waals surface area contributed by atoms with Gasteiger partial charge in [0.2, 0.25) is 0 Å². The molecule has 0 saturated carbocycles. The van der Waals surface area contributed by atoms with Crippen molar-refractivity contribution in [3.63, 3.8) is 0 Å². The number of nitrogens with zero attached hydrogens (tertiary/aromatic N) is 10. The molecule has 96 heavy (non-hydrogen) atoms. The van der Waals surface area contributed by atoms with Crippen LogP contribution in [0.3, 0.4) is 0 Å². The fraction of sp³-hybridized carbons (Fsp3) is 0.0759. The number of hydrogen-bond acceptors (Lipinski definition) is 15. The number of fused-ring (bicyclic) bond motifs is 4. The summed E-state index contributed by atoms with van der Waals surface area (Å²) in [5.41, 5.74) is 44.4. The topological polar surface area (TPSA) is 293 Å². The first-order valence-electron chi connectivity index (χ1n) is 30.5. The van der Waals surface area contributed by atoms with E-state index >= 15 is 0 Å². The lowest BCUT2D eigenvalue weighted by Crippen LogP contribution is -2.39. The van der Waals surface area contributed by atoms with Crippen LogP contribution < -0.4 is 34.0 Å². The van der Waals surface area contributed by atoms with E-state index in [4.69, 9.17) is 39.1 Å². The van der Waals surface area contributed by atoms with Crippen LogP contribution in [0.5, 0.6) is 0 Å². The Morgan fingerprint density at radius 2 is 1.09 bits per heavy atom. The van der Waals surface area contributed by atoms with Gasteiger partial charge in [0.05, 0.1) is 40.3 Å². The van der Waals surface area contributed by atoms with Crippen molar-refractivity contribution in [1.29, 1.82) is 5.26 Å². The number of para-hydroxylation sites is 2. The molecule has 13 aromatic rings. The molecule has 0 atom stereocenters. The molecule has 0 bridgehead atoms. The SMILES string of the molecule is CC1(C)CN=C(c2ccc(C#Cc3cc4ccccc4nc3N)cc2)N1.Cc1ccc2cnc(N)c(/C=C/c3ccc(C#N)cc3)c2c1.Cc1ccc2cnc(N)c(/C=C/c3ccc(C(N)=NO)cc3)c2c1.Nc1cc(C#Cc2ccc(-n3cnnc3)cc2)c2ccccc2n1. The number of pyridine rings is 4. The summed E-state index contributed by atoms with van der Waals surface area (Å²) in [5.74, 6) is 15.7. The summed E-state index contributed by atoms with van der Waals surface area (Å²) in [6.07, 6.45) is 14.8. The van der Waals surface area contributed by atoms with Crippen molar-refractivity contribution in [3.05, 3.63) is 291 Å². The van der Waals surface area contributed by atoms with Gasteiger partial charge in [0.1, 0.15) is 41.8 Å². The van der Waals surface area contributed by atoms with Crippen molar-refractivity contribution in [2.45, 2.75) is 33.2 Å². The number of nitriles is 1. The van der Waals surface area contributed by atoms with Crippen molar-refractivity contribution in [3.8, 4) is 35.4 Å². The van der Waals surface area contributed by atoms with Gasteiger partial charge in [0, 0.05) is 78.6 Å². The molecule has 0 amide bonds. The van der Waals surface area contributed by atoms with E-state index in [0.717, 1.165) is 111 Å². The van der Waals surface area contributed by atoms with Crippen LogP contribution in [-0.4, -0.2) is 63.7 Å². The maximum Gasteiger partial charge on any atom is 0.170 e. The van der Waals surface area contributed by atoms with E-state index in [1.54, 1.807) is 55.4 Å². The van der Waals surface area contributed by atoms with Crippen LogP contribution in [0.4, 0.5) is 23.3 Å². The second-order valence-electron chi connectivity index (χ2n) is 23.2. The number of benzene rings is 8. The lowest BCUT2D eigenvalue weighted by molar-refractivity contribution is 0.318. The van der Waals surface area contributed by atoms with E-state index in [2.05, 4.69) is 133 Å². The van der Waals surface area contributed by atoms with Crippen LogP contribution in [-0.2, 0) is 0 Å². The standard InChI is InChI=1S/C22H20N4.C19H13N5.C19H18N4O.C19H15N3/c1-22(2)14-24-21(26-22)16-10-7-15(8-11-16)9-12-18-13-17-5-3-4-6-19(17)25-20(18)23;20-19-11-15(17-3-1-2-4-18(17)23-19)8-5-14-6-9-16(10-7-14)24-12-21-22-13-24;1-12-2-6-15-11-22-19(21)16(17(15)10-12)9-5-13-3-7-14(8-4-13)18(20)23-24;1-13-2-8-16-12-22-19(21)17(18(16)10-13)9-7-14-3-5-15(11-20)6-4-14/h3-8,10-11,13H,14H2,1-2H3,(H2,23,25)(H,24,26);1-4,6-7,9-13H,(H2,20,23);2-11,24H,1H3,(H2,20,23)(H2,21,22);2-10,12H,1H3,(H2,21,22)/b;;9-5+;9-7+. The average Bonchev–Trinajstić information content (AvgIpc) is 1.11. The third kappa shape index (κ3) is 16.0. The van der Waals surface area contributed by atoms with Gasteiger partial charge in [0.25, 0.3) is 0 Å². The zero-order valence-corrected chi connectivity index (χ0v) is 53.1. The summed E-state index contributed by atoms with van der Waals surface area (Å²) in [6, 6.07) is 64.9. The van der Waals surface area contributed by atoms with E-state index in [0.29, 0.717) is 34.4 Å². The van der Waals surface area contributed by atoms with Crippen LogP contribution in [0.2, 0.25) is 0 Å². The molecule has 0 saturated heterocycles. The predicted molar refractivity (Wildman–Crippen MR) is 390 cm³/mol. The number of aliphatic imine (C=N–C) groups is 1. The Bertz CT molecular complexity index is 5290. The molecule has 1 aliphatic rings. The normalized spacial score (nSPS) is 12.2. The van der Waals surface area contributed by atoms with Gasteiger partial charge in [-0.1, -0.05) is 186 Å². The number of rotatable bonds is 7. The molecular formula is C79H66N16O. The van der Waals surface area contributed by atoms with Gasteiger partial charge in [0.15, 0.2) is 5.84 Å². The summed E-state index contributed by atoms with van der Waals surface area (Å²) in [6.45, 7) is 9.19. The largest absolute Gasteiger partial charge is 0.409 e. The summed E-state index contributed by atoms with van der Waals surface area (Å²) in [7, 11) is 0. The molecule has 17 heteroatoms. The number of hydrogen-bond donors (Lipinski definition) is 7. The lowest BCUT2D eigenvalue weighted by Gasteiger charge is -2.18. The third-order valence-electron chi connectivity index (χ3n) is 15.5. The van der Waals surface area contributed by atoms with Gasteiger partial charge < -0.3 is 39.2 Å². The molecular weight excluding hydrogens is 1190 g/mol. The Labute approximate surface area is 555 Å². The minimum absolute atomic E-state index is 0.0222. The fourth-order valence-corrected chi connectivity index (χ4v) is 10.3. The summed E-state index contributed by atoms with van der Waals surface area (Å²) >= 11 is 0. The summed E-state index contributed by atoms with van der Waals surface area (Å²) in [4.78, 5) is 21.8. The first kappa shape index (κ1) is 64.1. The minimum atomic E-state index is 0.0222. The Morgan fingerprint density at radius 1 is 0.552 bits per heavy atom. The number of nitrogens with one attached hydrogen (secondary N) is 1. The number of nitrogens with two attached hydrogens (primary N) is 5. The lowest BCUT2D eigenvalue weighted by atomic mass is 10.0. The van der Waals surface area contributed by atoms with Crippen molar-refractivity contribution >= 4 is 103 Å². The monoisotopic (exact) mass is 1250 g/mol. The zero-order valence-electron chi connectivity index (χ0n) is 53.1. The van der Waals surface area contributed by atoms with Crippen molar-refractivity contribution in [2.24, 2.45) is 15.9 Å². The van der Waals surface area contributed by atoms with E-state index in [1.807, 2.05) is 162 Å². The van der Waals surface area contributed by atoms with Crippen LogP contribution in [0.15, 0.2) is 229 Å². The highest BCUT2D eigenvalue weighted by atomic mass is 16.4. The average molecular weight is 1260 g/mol. The second-order valence-corrected chi connectivity index (χ2v) is 23.2. The third-order valence-corrected chi connectivity index (χ3v) is 15.5. The van der Waals surface area contributed by atoms with Gasteiger partial charge in [-0.2, -0.15) is 5.26 Å². The Hall–Kier alpha value is -13.4. The summed E-state index contributed by atoms with van der Waals surface area (Å²) < 4.78 is 1.84. The first-order chi connectivity index (χ1) is 46.5. The number of amidine groups is 2. The van der Waals surface area contributed by atoms with Crippen LogP contribution in [0.25, 0.3) is 73.3 Å². The van der Waals surface area contributed by atoms with E-state index < -0.39 is 0 Å². The van der Waals surface area contributed by atoms with Crippen molar-refractivity contribution < 1.29 is 5.21 Å². The van der Waals surface area contributed by atoms with Gasteiger partial charge in [-0.05, 0) is 122 Å². The van der Waals surface area contributed by atoms with Gasteiger partial charge in [-0.15, -0.1) is 10.2 Å². The maximum absolute atomic E-state index is 8.82. The molecule has 0 spiro atoms. The van der Waals surface area contributed by atoms with Crippen LogP contribution in [0.1, 0.15) is 86.2 Å². The molecule has 12 N–H and O–H groups in total. The van der Waals surface area contributed by atoms with Crippen LogP contribution >= 0.6 is 0 Å². The highest BCUT2D eigenvalue weighted by Crippen LogP contribution is 2.28. The minimum Gasteiger partial charge on any atom is -0.409 e. The molecule has 6 heterocycles. The van der Waals surface area contributed by atoms with Crippen molar-refractivity contribution in [2.75, 3.05) is 29.5 Å². The van der Waals surface area contributed by atoms with E-state index in [-0.39, 0.29) is 11.4 Å².